The molecule has 4 nitrogen and oxygen atoms in total. The predicted molar refractivity (Wildman–Crippen MR) is 31.9 cm³/mol. The largest absolute Gasteiger partial charge is 0.344 e. The van der Waals surface area contributed by atoms with Crippen LogP contribution in [0.15, 0.2) is 0 Å². The van der Waals surface area contributed by atoms with E-state index in [4.69, 9.17) is 5.26 Å². The summed E-state index contributed by atoms with van der Waals surface area (Å²) in [5.74, 6) is -0.0351. The van der Waals surface area contributed by atoms with E-state index in [0.29, 0.717) is 6.54 Å². The van der Waals surface area contributed by atoms with Crippen LogP contribution >= 0.6 is 0 Å². The fraction of sp³-hybridized carbons (Fsp3) is 0.800. The summed E-state index contributed by atoms with van der Waals surface area (Å²) in [6.07, 6.45) is 0. The maximum absolute atomic E-state index is 10.4. The molecule has 0 aliphatic heterocycles. The van der Waals surface area contributed by atoms with Crippen molar-refractivity contribution in [2.45, 2.75) is 6.92 Å². The van der Waals surface area contributed by atoms with Gasteiger partial charge in [-0.25, -0.2) is 4.89 Å². The van der Waals surface area contributed by atoms with Crippen LogP contribution in [0.25, 0.3) is 0 Å². The first-order valence-electron chi connectivity index (χ1n) is 2.66. The van der Waals surface area contributed by atoms with Gasteiger partial charge in [0.2, 0.25) is 5.91 Å². The van der Waals surface area contributed by atoms with Crippen molar-refractivity contribution in [3.63, 3.8) is 0 Å². The Bertz CT molecular complexity index is 94.2. The van der Waals surface area contributed by atoms with E-state index in [0.717, 1.165) is 0 Å². The highest BCUT2D eigenvalue weighted by molar-refractivity contribution is 5.72. The van der Waals surface area contributed by atoms with Gasteiger partial charge >= 0.3 is 0 Å². The van der Waals surface area contributed by atoms with E-state index in [1.807, 2.05) is 0 Å². The lowest BCUT2D eigenvalue weighted by Crippen LogP contribution is -2.27. The van der Waals surface area contributed by atoms with Crippen molar-refractivity contribution >= 4 is 5.91 Å². The summed E-state index contributed by atoms with van der Waals surface area (Å²) < 4.78 is 0. The van der Waals surface area contributed by atoms with Gasteiger partial charge in [0.15, 0.2) is 0 Å². The molecular formula is C5H11NO3. The molecule has 1 amide bonds. The predicted octanol–water partition coefficient (Wildman–Crippen LogP) is -0.0457. The first-order chi connectivity index (χ1) is 4.18. The van der Waals surface area contributed by atoms with Crippen LogP contribution in [0.2, 0.25) is 0 Å². The third-order valence-electron chi connectivity index (χ3n) is 1.06. The molecule has 0 aromatic rings. The minimum absolute atomic E-state index is 0.0351. The second kappa shape index (κ2) is 4.29. The molecule has 0 heterocycles. The molecule has 0 aliphatic carbocycles. The van der Waals surface area contributed by atoms with Gasteiger partial charge in [-0.3, -0.25) is 10.1 Å². The summed E-state index contributed by atoms with van der Waals surface area (Å²) in [7, 11) is 1.64. The summed E-state index contributed by atoms with van der Waals surface area (Å²) in [6, 6.07) is 0. The summed E-state index contributed by atoms with van der Waals surface area (Å²) in [5, 5.41) is 7.86. The lowest BCUT2D eigenvalue weighted by atomic mass is 10.5. The van der Waals surface area contributed by atoms with E-state index in [1.54, 1.807) is 7.05 Å². The molecule has 0 bridgehead atoms. The first-order valence-corrected chi connectivity index (χ1v) is 2.66. The van der Waals surface area contributed by atoms with Crippen LogP contribution in [0.1, 0.15) is 6.92 Å². The standard InChI is InChI=1S/C5H11NO3/c1-5(7)6(2)3-4-9-8/h8H,3-4H2,1-2H3. The quantitative estimate of drug-likeness (QED) is 0.434. The van der Waals surface area contributed by atoms with Crippen LogP contribution in [0.3, 0.4) is 0 Å². The van der Waals surface area contributed by atoms with Gasteiger partial charge in [-0.15, -0.1) is 0 Å². The van der Waals surface area contributed by atoms with Gasteiger partial charge in [0.25, 0.3) is 0 Å². The number of hydrogen-bond donors (Lipinski definition) is 1. The lowest BCUT2D eigenvalue weighted by Gasteiger charge is -2.11. The third kappa shape index (κ3) is 3.93. The Labute approximate surface area is 54.0 Å². The van der Waals surface area contributed by atoms with Gasteiger partial charge in [-0.1, -0.05) is 0 Å². The number of likely N-dealkylation sites (N-methyl/N-ethyl adjacent to an activating group) is 1. The molecule has 0 radical (unpaired) electrons. The van der Waals surface area contributed by atoms with Gasteiger partial charge in [0, 0.05) is 20.5 Å². The molecule has 0 saturated carbocycles. The Morgan fingerprint density at radius 2 is 2.33 bits per heavy atom. The fourth-order valence-corrected chi connectivity index (χ4v) is 0.335. The van der Waals surface area contributed by atoms with Crippen LogP contribution < -0.4 is 0 Å². The number of carbonyl (C=O) groups is 1. The maximum atomic E-state index is 10.4. The fourth-order valence-electron chi connectivity index (χ4n) is 0.335. The smallest absolute Gasteiger partial charge is 0.219 e. The summed E-state index contributed by atoms with van der Waals surface area (Å²) >= 11 is 0. The zero-order valence-corrected chi connectivity index (χ0v) is 5.63. The average molecular weight is 133 g/mol. The van der Waals surface area contributed by atoms with Crippen molar-refractivity contribution in [1.29, 1.82) is 0 Å². The molecule has 54 valence electrons. The van der Waals surface area contributed by atoms with E-state index in [2.05, 4.69) is 4.89 Å². The average Bonchev–Trinajstić information content (AvgIpc) is 1.82. The lowest BCUT2D eigenvalue weighted by molar-refractivity contribution is -0.243. The van der Waals surface area contributed by atoms with Gasteiger partial charge in [-0.05, 0) is 0 Å². The maximum Gasteiger partial charge on any atom is 0.219 e. The van der Waals surface area contributed by atoms with Crippen LogP contribution in [0.4, 0.5) is 0 Å². The van der Waals surface area contributed by atoms with E-state index in [1.165, 1.54) is 11.8 Å². The van der Waals surface area contributed by atoms with Crippen LogP contribution in [-0.4, -0.2) is 36.3 Å². The minimum atomic E-state index is -0.0351. The number of amides is 1. The second-order valence-electron chi connectivity index (χ2n) is 1.77. The molecule has 0 rings (SSSR count). The highest BCUT2D eigenvalue weighted by Gasteiger charge is 1.99. The Morgan fingerprint density at radius 3 is 2.67 bits per heavy atom. The Morgan fingerprint density at radius 1 is 1.78 bits per heavy atom. The van der Waals surface area contributed by atoms with E-state index in [9.17, 15) is 4.79 Å². The number of rotatable bonds is 3. The molecule has 0 unspecified atom stereocenters. The Balaban J connectivity index is 3.27. The van der Waals surface area contributed by atoms with Crippen molar-refractivity contribution in [1.82, 2.24) is 4.90 Å². The highest BCUT2D eigenvalue weighted by Crippen LogP contribution is 1.81. The molecule has 9 heavy (non-hydrogen) atoms. The van der Waals surface area contributed by atoms with Gasteiger partial charge in [-0.2, -0.15) is 0 Å². The monoisotopic (exact) mass is 133 g/mol. The number of carbonyl (C=O) groups excluding carboxylic acids is 1. The summed E-state index contributed by atoms with van der Waals surface area (Å²) in [4.78, 5) is 15.7. The molecule has 0 saturated heterocycles. The van der Waals surface area contributed by atoms with Gasteiger partial charge in [0.05, 0.1) is 6.61 Å². The van der Waals surface area contributed by atoms with Crippen molar-refractivity contribution in [2.75, 3.05) is 20.2 Å². The molecule has 1 N–H and O–H groups in total. The molecule has 0 spiro atoms. The number of nitrogens with zero attached hydrogens (tertiary/aromatic N) is 1. The molecule has 0 atom stereocenters. The summed E-state index contributed by atoms with van der Waals surface area (Å²) in [5.41, 5.74) is 0. The second-order valence-corrected chi connectivity index (χ2v) is 1.77. The van der Waals surface area contributed by atoms with Crippen LogP contribution in [-0.2, 0) is 9.68 Å². The molecule has 4 heteroatoms. The Kier molecular flexibility index (Phi) is 4.00. The molecular weight excluding hydrogens is 122 g/mol. The molecule has 0 aromatic carbocycles. The SMILES string of the molecule is CC(=O)N(C)CCOO. The van der Waals surface area contributed by atoms with Crippen LogP contribution in [0.5, 0.6) is 0 Å². The van der Waals surface area contributed by atoms with Crippen molar-refractivity contribution in [3.05, 3.63) is 0 Å². The van der Waals surface area contributed by atoms with Gasteiger partial charge < -0.3 is 4.90 Å². The highest BCUT2D eigenvalue weighted by atomic mass is 17.1. The van der Waals surface area contributed by atoms with E-state index >= 15 is 0 Å². The van der Waals surface area contributed by atoms with Crippen molar-refractivity contribution in [3.8, 4) is 0 Å². The van der Waals surface area contributed by atoms with Crippen molar-refractivity contribution in [2.24, 2.45) is 0 Å². The van der Waals surface area contributed by atoms with Crippen LogP contribution in [0, 0.1) is 0 Å². The zero-order chi connectivity index (χ0) is 7.28. The van der Waals surface area contributed by atoms with E-state index in [-0.39, 0.29) is 12.5 Å². The topological polar surface area (TPSA) is 49.8 Å². The minimum Gasteiger partial charge on any atom is -0.344 e. The molecule has 0 aromatic heterocycles. The summed E-state index contributed by atoms with van der Waals surface area (Å²) in [6.45, 7) is 2.04. The third-order valence-corrected chi connectivity index (χ3v) is 1.06. The normalized spacial score (nSPS) is 9.22. The number of hydrogen-bond acceptors (Lipinski definition) is 3. The van der Waals surface area contributed by atoms with Crippen molar-refractivity contribution < 1.29 is 14.9 Å². The van der Waals surface area contributed by atoms with E-state index < -0.39 is 0 Å². The zero-order valence-electron chi connectivity index (χ0n) is 5.63. The first kappa shape index (κ1) is 8.39. The molecule has 0 fully saturated rings. The molecule has 0 aliphatic rings. The van der Waals surface area contributed by atoms with Gasteiger partial charge in [0.1, 0.15) is 0 Å². The Hall–Kier alpha value is -0.610.